The molecule has 0 aromatic heterocycles. The highest BCUT2D eigenvalue weighted by molar-refractivity contribution is 6.24. The number of hydrogen-bond acceptors (Lipinski definition) is 2. The molecule has 2 unspecified atom stereocenters. The molecule has 10 aromatic rings. The Balaban J connectivity index is 1.04. The molecular formula is C59H42N2. The van der Waals surface area contributed by atoms with E-state index < -0.39 is 0 Å². The zero-order chi connectivity index (χ0) is 40.4. The number of nitrogens with zero attached hydrogens (tertiary/aromatic N) is 2. The van der Waals surface area contributed by atoms with E-state index in [4.69, 9.17) is 0 Å². The first kappa shape index (κ1) is 35.3. The summed E-state index contributed by atoms with van der Waals surface area (Å²) >= 11 is 0. The van der Waals surface area contributed by atoms with Gasteiger partial charge in [0.15, 0.2) is 0 Å². The lowest BCUT2D eigenvalue weighted by atomic mass is 9.83. The number of fused-ring (bicyclic) bond motifs is 7. The Morgan fingerprint density at radius 1 is 0.443 bits per heavy atom. The quantitative estimate of drug-likeness (QED) is 0.155. The highest BCUT2D eigenvalue weighted by atomic mass is 15.2. The molecule has 1 aliphatic carbocycles. The van der Waals surface area contributed by atoms with Crippen molar-refractivity contribution in [1.29, 1.82) is 0 Å². The lowest BCUT2D eigenvalue weighted by Crippen LogP contribution is -2.28. The van der Waals surface area contributed by atoms with Crippen molar-refractivity contribution in [2.24, 2.45) is 0 Å². The van der Waals surface area contributed by atoms with Crippen LogP contribution < -0.4 is 9.80 Å². The van der Waals surface area contributed by atoms with Crippen LogP contribution in [0, 0.1) is 6.92 Å². The minimum Gasteiger partial charge on any atom is -0.333 e. The molecule has 12 rings (SSSR count). The van der Waals surface area contributed by atoms with Crippen molar-refractivity contribution < 1.29 is 0 Å². The first-order valence-electron chi connectivity index (χ1n) is 21.3. The highest BCUT2D eigenvalue weighted by Gasteiger charge is 2.37. The molecule has 0 saturated carbocycles. The minimum atomic E-state index is 0.257. The molecule has 0 N–H and O–H groups in total. The smallest absolute Gasteiger partial charge is 0.0629 e. The van der Waals surface area contributed by atoms with Crippen molar-refractivity contribution in [2.75, 3.05) is 9.80 Å². The maximum Gasteiger partial charge on any atom is 0.0629 e. The molecule has 2 nitrogen and oxygen atoms in total. The third-order valence-corrected chi connectivity index (χ3v) is 13.0. The molecule has 0 saturated heterocycles. The van der Waals surface area contributed by atoms with Crippen molar-refractivity contribution >= 4 is 71.5 Å². The van der Waals surface area contributed by atoms with Gasteiger partial charge in [0.25, 0.3) is 0 Å². The van der Waals surface area contributed by atoms with Gasteiger partial charge < -0.3 is 9.80 Å². The van der Waals surface area contributed by atoms with E-state index in [9.17, 15) is 0 Å². The first-order chi connectivity index (χ1) is 30.2. The van der Waals surface area contributed by atoms with Gasteiger partial charge in [0.05, 0.1) is 11.7 Å². The molecule has 2 atom stereocenters. The average Bonchev–Trinajstić information content (AvgIpc) is 3.66. The third-order valence-electron chi connectivity index (χ3n) is 13.0. The molecule has 2 aliphatic rings. The van der Waals surface area contributed by atoms with Crippen molar-refractivity contribution in [3.8, 4) is 22.3 Å². The number of para-hydroxylation sites is 2. The molecule has 1 aliphatic heterocycles. The number of aryl methyl sites for hydroxylation is 1. The van der Waals surface area contributed by atoms with Crippen LogP contribution in [-0.4, -0.2) is 6.04 Å². The summed E-state index contributed by atoms with van der Waals surface area (Å²) in [5, 5.41) is 9.98. The summed E-state index contributed by atoms with van der Waals surface area (Å²) in [6.45, 7) is 2.21. The first-order valence-corrected chi connectivity index (χ1v) is 21.3. The highest BCUT2D eigenvalue weighted by Crippen LogP contribution is 2.50. The maximum atomic E-state index is 2.50. The van der Waals surface area contributed by atoms with Gasteiger partial charge in [-0.1, -0.05) is 175 Å². The maximum absolute atomic E-state index is 2.50. The lowest BCUT2D eigenvalue weighted by Gasteiger charge is -2.30. The van der Waals surface area contributed by atoms with Gasteiger partial charge in [0, 0.05) is 34.1 Å². The Hall–Kier alpha value is -7.68. The van der Waals surface area contributed by atoms with E-state index in [0.717, 1.165) is 17.1 Å². The Kier molecular flexibility index (Phi) is 8.24. The predicted octanol–water partition coefficient (Wildman–Crippen LogP) is 16.1. The Bertz CT molecular complexity index is 3390. The van der Waals surface area contributed by atoms with Crippen LogP contribution >= 0.6 is 0 Å². The van der Waals surface area contributed by atoms with Crippen molar-refractivity contribution in [3.05, 3.63) is 236 Å². The molecule has 2 heteroatoms. The summed E-state index contributed by atoms with van der Waals surface area (Å²) in [5.41, 5.74) is 13.5. The van der Waals surface area contributed by atoms with E-state index in [-0.39, 0.29) is 6.04 Å². The average molecular weight is 779 g/mol. The number of rotatable bonds is 6. The van der Waals surface area contributed by atoms with E-state index in [1.54, 1.807) is 0 Å². The van der Waals surface area contributed by atoms with Gasteiger partial charge in [0.2, 0.25) is 0 Å². The van der Waals surface area contributed by atoms with Crippen LogP contribution in [0.1, 0.15) is 17.0 Å². The summed E-state index contributed by atoms with van der Waals surface area (Å²) in [4.78, 5) is 4.92. The Morgan fingerprint density at radius 3 is 1.93 bits per heavy atom. The van der Waals surface area contributed by atoms with Gasteiger partial charge in [-0.2, -0.15) is 0 Å². The molecule has 1 heterocycles. The number of hydrogen-bond donors (Lipinski definition) is 0. The van der Waals surface area contributed by atoms with Crippen LogP contribution in [0.25, 0.3) is 65.3 Å². The molecular weight excluding hydrogens is 737 g/mol. The number of anilines is 5. The van der Waals surface area contributed by atoms with Gasteiger partial charge in [0.1, 0.15) is 0 Å². The summed E-state index contributed by atoms with van der Waals surface area (Å²) in [6.07, 6.45) is 9.06. The molecule has 61 heavy (non-hydrogen) atoms. The van der Waals surface area contributed by atoms with Crippen LogP contribution in [0.2, 0.25) is 0 Å². The third kappa shape index (κ3) is 5.71. The van der Waals surface area contributed by atoms with E-state index >= 15 is 0 Å². The van der Waals surface area contributed by atoms with Gasteiger partial charge in [-0.3, -0.25) is 0 Å². The molecule has 0 spiro atoms. The van der Waals surface area contributed by atoms with E-state index in [1.165, 1.54) is 87.8 Å². The van der Waals surface area contributed by atoms with E-state index in [2.05, 4.69) is 241 Å². The molecule has 0 amide bonds. The van der Waals surface area contributed by atoms with Crippen molar-refractivity contribution in [3.63, 3.8) is 0 Å². The fraction of sp³-hybridized carbons (Fsp3) is 0.0508. The number of allylic oxidation sites excluding steroid dienone is 2. The second kappa shape index (κ2) is 14.3. The van der Waals surface area contributed by atoms with Gasteiger partial charge in [-0.25, -0.2) is 0 Å². The summed E-state index contributed by atoms with van der Waals surface area (Å²) in [6, 6.07) is 74.3. The second-order valence-corrected chi connectivity index (χ2v) is 16.5. The predicted molar refractivity (Wildman–Crippen MR) is 260 cm³/mol. The van der Waals surface area contributed by atoms with Crippen LogP contribution in [0.3, 0.4) is 0 Å². The van der Waals surface area contributed by atoms with Gasteiger partial charge >= 0.3 is 0 Å². The van der Waals surface area contributed by atoms with Gasteiger partial charge in [-0.15, -0.1) is 0 Å². The largest absolute Gasteiger partial charge is 0.333 e. The van der Waals surface area contributed by atoms with Crippen LogP contribution in [0.4, 0.5) is 28.4 Å². The summed E-state index contributed by atoms with van der Waals surface area (Å²) in [5.74, 6) is 0.347. The topological polar surface area (TPSA) is 6.48 Å². The zero-order valence-electron chi connectivity index (χ0n) is 33.9. The molecule has 0 bridgehead atoms. The summed E-state index contributed by atoms with van der Waals surface area (Å²) in [7, 11) is 0. The monoisotopic (exact) mass is 778 g/mol. The lowest BCUT2D eigenvalue weighted by molar-refractivity contribution is 0.745. The van der Waals surface area contributed by atoms with Crippen LogP contribution in [-0.2, 0) is 0 Å². The van der Waals surface area contributed by atoms with E-state index in [0.29, 0.717) is 5.92 Å². The SMILES string of the molecule is Cc1ccc2c(-c3ccc(N(c4ccccc4)c4ccc(N5c6ccccc6C6C=CC=CC65)cc4)c4ccccc34)c3ccccc3c(-c3ccc4ccccc4c3)c2c1. The summed E-state index contributed by atoms with van der Waals surface area (Å²) < 4.78 is 0. The van der Waals surface area contributed by atoms with Crippen LogP contribution in [0.15, 0.2) is 224 Å². The molecule has 0 radical (unpaired) electrons. The minimum absolute atomic E-state index is 0.257. The van der Waals surface area contributed by atoms with Crippen molar-refractivity contribution in [1.82, 2.24) is 0 Å². The fourth-order valence-electron chi connectivity index (χ4n) is 10.3. The number of benzene rings is 10. The zero-order valence-corrected chi connectivity index (χ0v) is 33.9. The standard InChI is InChI=1S/C59H42N2/c1-39-27-34-53-54(37-39)58(42-29-28-40-15-5-6-16-41(40)38-42)50-23-9-10-24-51(50)59(53)52-35-36-57(47-20-8-7-19-46(47)52)60(43-17-3-2-4-18-43)44-30-32-45(33-31-44)61-55-25-13-11-21-48(55)49-22-12-14-26-56(49)61/h2-38,48,55H,1H3. The van der Waals surface area contributed by atoms with Crippen LogP contribution in [0.5, 0.6) is 0 Å². The Morgan fingerprint density at radius 2 is 1.10 bits per heavy atom. The molecule has 0 fully saturated rings. The fourth-order valence-corrected chi connectivity index (χ4v) is 10.3. The normalized spacial score (nSPS) is 15.5. The van der Waals surface area contributed by atoms with Crippen molar-refractivity contribution in [2.45, 2.75) is 18.9 Å². The molecule has 288 valence electrons. The van der Waals surface area contributed by atoms with Gasteiger partial charge in [-0.05, 0) is 127 Å². The Labute approximate surface area is 356 Å². The van der Waals surface area contributed by atoms with E-state index in [1.807, 2.05) is 0 Å². The molecule has 10 aromatic carbocycles. The second-order valence-electron chi connectivity index (χ2n) is 16.5.